The Bertz CT molecular complexity index is 698. The molecule has 122 valence electrons. The number of nitrogens with two attached hydrogens (primary N) is 1. The molecule has 3 N–H and O–H groups in total. The van der Waals surface area contributed by atoms with Crippen LogP contribution in [0.5, 0.6) is 0 Å². The second-order valence-corrected chi connectivity index (χ2v) is 5.32. The first kappa shape index (κ1) is 17.0. The lowest BCUT2D eigenvalue weighted by Gasteiger charge is -2.12. The van der Waals surface area contributed by atoms with Crippen LogP contribution in [0.2, 0.25) is 0 Å². The minimum Gasteiger partial charge on any atom is -0.481 e. The van der Waals surface area contributed by atoms with E-state index < -0.39 is 23.8 Å². The van der Waals surface area contributed by atoms with Gasteiger partial charge in [-0.1, -0.05) is 42.5 Å². The minimum atomic E-state index is -4.37. The molecule has 0 fully saturated rings. The Kier molecular flexibility index (Phi) is 5.05. The van der Waals surface area contributed by atoms with Crippen LogP contribution in [0.1, 0.15) is 34.7 Å². The third-order valence-corrected chi connectivity index (χ3v) is 3.44. The largest absolute Gasteiger partial charge is 0.481 e. The molecule has 2 aromatic rings. The van der Waals surface area contributed by atoms with E-state index in [1.54, 1.807) is 30.3 Å². The summed E-state index contributed by atoms with van der Waals surface area (Å²) in [6.45, 7) is 0. The molecule has 2 aromatic carbocycles. The molecule has 6 heteroatoms. The number of carboxylic acids is 1. The lowest BCUT2D eigenvalue weighted by molar-refractivity contribution is -0.138. The number of carbonyl (C=O) groups is 1. The number of rotatable bonds is 5. The van der Waals surface area contributed by atoms with Crippen LogP contribution < -0.4 is 5.73 Å². The Hall–Kier alpha value is -2.34. The summed E-state index contributed by atoms with van der Waals surface area (Å²) in [4.78, 5) is 10.7. The van der Waals surface area contributed by atoms with Crippen LogP contribution in [0.4, 0.5) is 13.2 Å². The molecule has 0 spiro atoms. The molecule has 0 aromatic heterocycles. The predicted octanol–water partition coefficient (Wildman–Crippen LogP) is 3.77. The first-order chi connectivity index (χ1) is 10.8. The van der Waals surface area contributed by atoms with Crippen molar-refractivity contribution in [2.45, 2.75) is 25.1 Å². The van der Waals surface area contributed by atoms with Crippen LogP contribution in [0.3, 0.4) is 0 Å². The van der Waals surface area contributed by atoms with Crippen LogP contribution in [0, 0.1) is 0 Å². The molecular formula is C17H16F3NO2. The summed E-state index contributed by atoms with van der Waals surface area (Å²) in [6, 6.07) is 11.4. The summed E-state index contributed by atoms with van der Waals surface area (Å²) in [6.07, 6.45) is -4.26. The zero-order valence-corrected chi connectivity index (χ0v) is 12.2. The molecule has 0 aliphatic carbocycles. The van der Waals surface area contributed by atoms with Gasteiger partial charge in [-0.05, 0) is 29.2 Å². The topological polar surface area (TPSA) is 63.3 Å². The Labute approximate surface area is 131 Å². The lowest BCUT2D eigenvalue weighted by atomic mass is 9.98. The fourth-order valence-corrected chi connectivity index (χ4v) is 2.33. The maximum absolute atomic E-state index is 12.7. The molecule has 0 heterocycles. The highest BCUT2D eigenvalue weighted by Gasteiger charge is 2.30. The van der Waals surface area contributed by atoms with Crippen molar-refractivity contribution < 1.29 is 23.1 Å². The van der Waals surface area contributed by atoms with Crippen LogP contribution in [0.15, 0.2) is 48.5 Å². The quantitative estimate of drug-likeness (QED) is 0.880. The molecule has 0 bridgehead atoms. The predicted molar refractivity (Wildman–Crippen MR) is 79.9 cm³/mol. The van der Waals surface area contributed by atoms with E-state index in [1.807, 2.05) is 0 Å². The van der Waals surface area contributed by atoms with Gasteiger partial charge in [0.1, 0.15) is 0 Å². The van der Waals surface area contributed by atoms with E-state index in [2.05, 4.69) is 0 Å². The molecule has 3 nitrogen and oxygen atoms in total. The summed E-state index contributed by atoms with van der Waals surface area (Å²) in [5, 5.41) is 8.77. The minimum absolute atomic E-state index is 0.201. The lowest BCUT2D eigenvalue weighted by Crippen LogP contribution is -2.15. The maximum atomic E-state index is 12.7. The van der Waals surface area contributed by atoms with E-state index in [0.29, 0.717) is 17.5 Å². The van der Waals surface area contributed by atoms with Crippen molar-refractivity contribution in [1.82, 2.24) is 0 Å². The van der Waals surface area contributed by atoms with Crippen molar-refractivity contribution in [1.29, 1.82) is 0 Å². The Morgan fingerprint density at radius 3 is 2.30 bits per heavy atom. The monoisotopic (exact) mass is 323 g/mol. The van der Waals surface area contributed by atoms with E-state index in [-0.39, 0.29) is 6.42 Å². The maximum Gasteiger partial charge on any atom is 0.416 e. The van der Waals surface area contributed by atoms with Gasteiger partial charge in [-0.15, -0.1) is 0 Å². The highest BCUT2D eigenvalue weighted by Crippen LogP contribution is 2.30. The van der Waals surface area contributed by atoms with Gasteiger partial charge in [0.2, 0.25) is 0 Å². The third-order valence-electron chi connectivity index (χ3n) is 3.44. The molecule has 23 heavy (non-hydrogen) atoms. The smallest absolute Gasteiger partial charge is 0.416 e. The fraction of sp³-hybridized carbons (Fsp3) is 0.235. The van der Waals surface area contributed by atoms with Crippen molar-refractivity contribution in [3.8, 4) is 0 Å². The summed E-state index contributed by atoms with van der Waals surface area (Å²) in [5.74, 6) is -0.999. The zero-order valence-electron chi connectivity index (χ0n) is 12.2. The first-order valence-electron chi connectivity index (χ1n) is 6.98. The molecule has 0 saturated heterocycles. The average molecular weight is 323 g/mol. The number of carboxylic acid groups (broad SMARTS) is 1. The van der Waals surface area contributed by atoms with Crippen molar-refractivity contribution in [2.24, 2.45) is 5.73 Å². The number of benzene rings is 2. The van der Waals surface area contributed by atoms with Crippen LogP contribution in [-0.2, 0) is 17.4 Å². The fourth-order valence-electron chi connectivity index (χ4n) is 2.33. The SMILES string of the molecule is N[C@@H](CC(=O)O)c1cccc(Cc2cccc(C(F)(F)F)c2)c1. The Balaban J connectivity index is 2.19. The zero-order chi connectivity index (χ0) is 17.0. The molecule has 0 aliphatic rings. The molecule has 0 unspecified atom stereocenters. The number of alkyl halides is 3. The van der Waals surface area contributed by atoms with Gasteiger partial charge in [0.15, 0.2) is 0 Å². The van der Waals surface area contributed by atoms with Crippen molar-refractivity contribution in [2.75, 3.05) is 0 Å². The molecule has 0 amide bonds. The summed E-state index contributed by atoms with van der Waals surface area (Å²) in [7, 11) is 0. The van der Waals surface area contributed by atoms with E-state index in [1.165, 1.54) is 6.07 Å². The van der Waals surface area contributed by atoms with Crippen LogP contribution >= 0.6 is 0 Å². The average Bonchev–Trinajstić information content (AvgIpc) is 2.46. The van der Waals surface area contributed by atoms with Gasteiger partial charge in [-0.3, -0.25) is 4.79 Å². The molecule has 1 atom stereocenters. The second kappa shape index (κ2) is 6.83. The third kappa shape index (κ3) is 4.82. The Morgan fingerprint density at radius 2 is 1.70 bits per heavy atom. The van der Waals surface area contributed by atoms with Crippen molar-refractivity contribution in [3.05, 3.63) is 70.8 Å². The first-order valence-corrected chi connectivity index (χ1v) is 6.98. The molecule has 0 saturated carbocycles. The van der Waals surface area contributed by atoms with Crippen LogP contribution in [0.25, 0.3) is 0 Å². The van der Waals surface area contributed by atoms with Gasteiger partial charge in [0.25, 0.3) is 0 Å². The molecule has 2 rings (SSSR count). The van der Waals surface area contributed by atoms with Gasteiger partial charge >= 0.3 is 12.1 Å². The van der Waals surface area contributed by atoms with Gasteiger partial charge < -0.3 is 10.8 Å². The number of halogens is 3. The van der Waals surface area contributed by atoms with Crippen molar-refractivity contribution in [3.63, 3.8) is 0 Å². The number of aliphatic carboxylic acids is 1. The summed E-state index contributed by atoms with van der Waals surface area (Å²) >= 11 is 0. The van der Waals surface area contributed by atoms with Gasteiger partial charge in [0, 0.05) is 6.04 Å². The van der Waals surface area contributed by atoms with E-state index in [4.69, 9.17) is 10.8 Å². The summed E-state index contributed by atoms with van der Waals surface area (Å²) < 4.78 is 38.2. The van der Waals surface area contributed by atoms with Crippen LogP contribution in [-0.4, -0.2) is 11.1 Å². The van der Waals surface area contributed by atoms with Gasteiger partial charge in [-0.2, -0.15) is 13.2 Å². The standard InChI is InChI=1S/C17H16F3NO2/c18-17(19,20)14-6-2-4-12(9-14)7-11-3-1-5-13(8-11)15(21)10-16(22)23/h1-6,8-9,15H,7,10,21H2,(H,22,23)/t15-/m0/s1. The number of hydrogen-bond donors (Lipinski definition) is 2. The van der Waals surface area contributed by atoms with Gasteiger partial charge in [0.05, 0.1) is 12.0 Å². The number of hydrogen-bond acceptors (Lipinski definition) is 2. The summed E-state index contributed by atoms with van der Waals surface area (Å²) in [5.41, 5.74) is 7.08. The molecular weight excluding hydrogens is 307 g/mol. The van der Waals surface area contributed by atoms with E-state index in [0.717, 1.165) is 17.7 Å². The molecule has 0 radical (unpaired) electrons. The normalized spacial score (nSPS) is 12.9. The second-order valence-electron chi connectivity index (χ2n) is 5.32. The highest BCUT2D eigenvalue weighted by atomic mass is 19.4. The Morgan fingerprint density at radius 1 is 1.09 bits per heavy atom. The van der Waals surface area contributed by atoms with E-state index >= 15 is 0 Å². The highest BCUT2D eigenvalue weighted by molar-refractivity contribution is 5.67. The van der Waals surface area contributed by atoms with Crippen molar-refractivity contribution >= 4 is 5.97 Å². The van der Waals surface area contributed by atoms with Gasteiger partial charge in [-0.25, -0.2) is 0 Å². The molecule has 0 aliphatic heterocycles. The van der Waals surface area contributed by atoms with E-state index in [9.17, 15) is 18.0 Å².